The molecule has 0 bridgehead atoms. The van der Waals surface area contributed by atoms with E-state index in [1.54, 1.807) is 19.1 Å². The van der Waals surface area contributed by atoms with E-state index in [9.17, 15) is 18.5 Å². The number of hydrogen-bond acceptors (Lipinski definition) is 4. The summed E-state index contributed by atoms with van der Waals surface area (Å²) in [7, 11) is -3.93. The molecule has 0 atom stereocenters. The van der Waals surface area contributed by atoms with Gasteiger partial charge in [0.1, 0.15) is 0 Å². The molecule has 21 heavy (non-hydrogen) atoms. The molecule has 0 fully saturated rings. The van der Waals surface area contributed by atoms with Crippen LogP contribution in [0.2, 0.25) is 5.02 Å². The molecule has 2 aromatic carbocycles. The summed E-state index contributed by atoms with van der Waals surface area (Å²) in [6.45, 7) is 1.57. The first kappa shape index (κ1) is 15.3. The molecule has 6 nitrogen and oxygen atoms in total. The Balaban J connectivity index is 2.44. The summed E-state index contributed by atoms with van der Waals surface area (Å²) in [5.74, 6) is 0. The fraction of sp³-hybridized carbons (Fsp3) is 0.0769. The maximum Gasteiger partial charge on any atom is 0.270 e. The molecule has 0 aliphatic rings. The summed E-state index contributed by atoms with van der Waals surface area (Å²) in [5, 5.41) is 11.1. The fourth-order valence-electron chi connectivity index (χ4n) is 1.75. The number of aryl methyl sites for hydroxylation is 1. The lowest BCUT2D eigenvalue weighted by atomic mass is 10.2. The van der Waals surface area contributed by atoms with Gasteiger partial charge in [-0.15, -0.1) is 0 Å². The zero-order valence-electron chi connectivity index (χ0n) is 10.9. The number of benzene rings is 2. The molecule has 0 heterocycles. The van der Waals surface area contributed by atoms with Gasteiger partial charge < -0.3 is 0 Å². The lowest BCUT2D eigenvalue weighted by Crippen LogP contribution is -2.14. The highest BCUT2D eigenvalue weighted by molar-refractivity contribution is 7.92. The van der Waals surface area contributed by atoms with E-state index in [1.807, 2.05) is 0 Å². The number of nitro groups is 1. The van der Waals surface area contributed by atoms with Crippen LogP contribution in [-0.2, 0) is 10.0 Å². The van der Waals surface area contributed by atoms with Crippen LogP contribution in [0.25, 0.3) is 0 Å². The summed E-state index contributed by atoms with van der Waals surface area (Å²) in [6.07, 6.45) is 0. The molecule has 0 aliphatic heterocycles. The van der Waals surface area contributed by atoms with Gasteiger partial charge in [0.15, 0.2) is 0 Å². The quantitative estimate of drug-likeness (QED) is 0.689. The molecular weight excluding hydrogens is 316 g/mol. The van der Waals surface area contributed by atoms with Crippen molar-refractivity contribution in [1.29, 1.82) is 0 Å². The number of non-ortho nitro benzene ring substituents is 1. The van der Waals surface area contributed by atoms with Crippen LogP contribution < -0.4 is 4.72 Å². The van der Waals surface area contributed by atoms with Gasteiger partial charge in [-0.05, 0) is 30.7 Å². The molecule has 0 saturated heterocycles. The first-order valence-corrected chi connectivity index (χ1v) is 7.69. The third-order valence-electron chi connectivity index (χ3n) is 2.75. The number of halogens is 1. The second-order valence-electron chi connectivity index (χ2n) is 4.32. The number of sulfonamides is 1. The maximum absolute atomic E-state index is 12.3. The molecule has 8 heteroatoms. The summed E-state index contributed by atoms with van der Waals surface area (Å²) >= 11 is 5.79. The lowest BCUT2D eigenvalue weighted by Gasteiger charge is -2.10. The number of nitrogens with one attached hydrogen (secondary N) is 1. The van der Waals surface area contributed by atoms with Crippen LogP contribution in [0.1, 0.15) is 5.56 Å². The van der Waals surface area contributed by atoms with Gasteiger partial charge in [0, 0.05) is 17.2 Å². The third kappa shape index (κ3) is 3.50. The topological polar surface area (TPSA) is 89.3 Å². The van der Waals surface area contributed by atoms with Gasteiger partial charge >= 0.3 is 0 Å². The van der Waals surface area contributed by atoms with Crippen molar-refractivity contribution in [3.05, 3.63) is 63.2 Å². The fourth-order valence-corrected chi connectivity index (χ4v) is 3.26. The van der Waals surface area contributed by atoms with Crippen molar-refractivity contribution in [3.8, 4) is 0 Å². The van der Waals surface area contributed by atoms with Crippen LogP contribution in [0.3, 0.4) is 0 Å². The summed E-state index contributed by atoms with van der Waals surface area (Å²) in [4.78, 5) is 9.98. The standard InChI is InChI=1S/C13H11ClN2O4S/c1-9-5-6-12(16(17)18)8-13(9)21(19,20)15-11-4-2-3-10(14)7-11/h2-8,15H,1H3. The number of hydrogen-bond donors (Lipinski definition) is 1. The van der Waals surface area contributed by atoms with Gasteiger partial charge in [-0.2, -0.15) is 0 Å². The Bertz CT molecular complexity index is 806. The van der Waals surface area contributed by atoms with Crippen molar-refractivity contribution in [1.82, 2.24) is 0 Å². The Labute approximate surface area is 126 Å². The molecule has 2 rings (SSSR count). The van der Waals surface area contributed by atoms with Crippen LogP contribution in [0.5, 0.6) is 0 Å². The third-order valence-corrected chi connectivity index (χ3v) is 4.51. The highest BCUT2D eigenvalue weighted by Gasteiger charge is 2.20. The first-order valence-electron chi connectivity index (χ1n) is 5.83. The molecule has 0 spiro atoms. The van der Waals surface area contributed by atoms with E-state index in [2.05, 4.69) is 4.72 Å². The van der Waals surface area contributed by atoms with E-state index in [1.165, 1.54) is 24.3 Å². The molecule has 0 aromatic heterocycles. The maximum atomic E-state index is 12.3. The Kier molecular flexibility index (Phi) is 4.15. The van der Waals surface area contributed by atoms with Gasteiger partial charge in [-0.1, -0.05) is 23.7 Å². The van der Waals surface area contributed by atoms with E-state index in [0.29, 0.717) is 10.6 Å². The number of nitrogens with zero attached hydrogens (tertiary/aromatic N) is 1. The predicted octanol–water partition coefficient (Wildman–Crippen LogP) is 3.36. The number of nitro benzene ring substituents is 1. The van der Waals surface area contributed by atoms with Gasteiger partial charge in [0.25, 0.3) is 15.7 Å². The van der Waals surface area contributed by atoms with Crippen LogP contribution in [-0.4, -0.2) is 13.3 Å². The van der Waals surface area contributed by atoms with Crippen molar-refractivity contribution in [2.24, 2.45) is 0 Å². The van der Waals surface area contributed by atoms with Crippen molar-refractivity contribution in [2.45, 2.75) is 11.8 Å². The lowest BCUT2D eigenvalue weighted by molar-refractivity contribution is -0.385. The normalized spacial score (nSPS) is 11.1. The van der Waals surface area contributed by atoms with Crippen LogP contribution in [0.15, 0.2) is 47.4 Å². The predicted molar refractivity (Wildman–Crippen MR) is 80.1 cm³/mol. The molecule has 0 aliphatic carbocycles. The minimum atomic E-state index is -3.93. The molecule has 0 saturated carbocycles. The van der Waals surface area contributed by atoms with Gasteiger partial charge in [-0.3, -0.25) is 14.8 Å². The van der Waals surface area contributed by atoms with Gasteiger partial charge in [-0.25, -0.2) is 8.42 Å². The second-order valence-corrected chi connectivity index (χ2v) is 6.41. The Hall–Kier alpha value is -2.12. The van der Waals surface area contributed by atoms with E-state index in [-0.39, 0.29) is 16.3 Å². The molecule has 1 N–H and O–H groups in total. The molecule has 110 valence electrons. The highest BCUT2D eigenvalue weighted by Crippen LogP contribution is 2.24. The highest BCUT2D eigenvalue weighted by atomic mass is 35.5. The average molecular weight is 327 g/mol. The molecular formula is C13H11ClN2O4S. The van der Waals surface area contributed by atoms with E-state index >= 15 is 0 Å². The zero-order chi connectivity index (χ0) is 15.6. The average Bonchev–Trinajstić information content (AvgIpc) is 2.38. The van der Waals surface area contributed by atoms with Crippen LogP contribution in [0.4, 0.5) is 11.4 Å². The van der Waals surface area contributed by atoms with Gasteiger partial charge in [0.2, 0.25) is 0 Å². The zero-order valence-corrected chi connectivity index (χ0v) is 12.5. The Morgan fingerprint density at radius 1 is 1.19 bits per heavy atom. The molecule has 0 radical (unpaired) electrons. The summed E-state index contributed by atoms with van der Waals surface area (Å²) < 4.78 is 27.0. The summed E-state index contributed by atoms with van der Waals surface area (Å²) in [6, 6.07) is 9.88. The number of anilines is 1. The molecule has 0 amide bonds. The van der Waals surface area contributed by atoms with Crippen LogP contribution in [0, 0.1) is 17.0 Å². The Morgan fingerprint density at radius 2 is 1.90 bits per heavy atom. The van der Waals surface area contributed by atoms with E-state index < -0.39 is 14.9 Å². The van der Waals surface area contributed by atoms with Crippen LogP contribution >= 0.6 is 11.6 Å². The minimum absolute atomic E-state index is 0.142. The van der Waals surface area contributed by atoms with Crippen molar-refractivity contribution in [2.75, 3.05) is 4.72 Å². The monoisotopic (exact) mass is 326 g/mol. The summed E-state index contributed by atoms with van der Waals surface area (Å²) in [5.41, 5.74) is 0.413. The largest absolute Gasteiger partial charge is 0.280 e. The minimum Gasteiger partial charge on any atom is -0.280 e. The van der Waals surface area contributed by atoms with E-state index in [4.69, 9.17) is 11.6 Å². The molecule has 0 unspecified atom stereocenters. The SMILES string of the molecule is Cc1ccc([N+](=O)[O-])cc1S(=O)(=O)Nc1cccc(Cl)c1. The smallest absolute Gasteiger partial charge is 0.270 e. The van der Waals surface area contributed by atoms with Crippen molar-refractivity contribution < 1.29 is 13.3 Å². The Morgan fingerprint density at radius 3 is 2.52 bits per heavy atom. The van der Waals surface area contributed by atoms with E-state index in [0.717, 1.165) is 6.07 Å². The van der Waals surface area contributed by atoms with Crippen molar-refractivity contribution in [3.63, 3.8) is 0 Å². The molecule has 2 aromatic rings. The second kappa shape index (κ2) is 5.71. The first-order chi connectivity index (χ1) is 9.79. The van der Waals surface area contributed by atoms with Crippen molar-refractivity contribution >= 4 is 33.0 Å². The number of rotatable bonds is 4. The van der Waals surface area contributed by atoms with Gasteiger partial charge in [0.05, 0.1) is 15.5 Å².